The molecule has 1 amide bonds. The van der Waals surface area contributed by atoms with Crippen LogP contribution >= 0.6 is 0 Å². The van der Waals surface area contributed by atoms with Crippen LogP contribution < -0.4 is 5.32 Å². The third-order valence-corrected chi connectivity index (χ3v) is 4.85. The number of aliphatic hydroxyl groups is 1. The van der Waals surface area contributed by atoms with Crippen molar-refractivity contribution in [3.05, 3.63) is 41.8 Å². The molecule has 2 atom stereocenters. The number of carbonyl (C=O) groups is 1. The van der Waals surface area contributed by atoms with Crippen LogP contribution in [0.4, 0.5) is 0 Å². The van der Waals surface area contributed by atoms with Crippen molar-refractivity contribution < 1.29 is 14.3 Å². The lowest BCUT2D eigenvalue weighted by Gasteiger charge is -2.30. The first kappa shape index (κ1) is 15.7. The Morgan fingerprint density at radius 1 is 1.48 bits per heavy atom. The van der Waals surface area contributed by atoms with E-state index in [1.807, 2.05) is 26.0 Å². The monoisotopic (exact) mass is 314 g/mol. The van der Waals surface area contributed by atoms with Crippen molar-refractivity contribution in [2.75, 3.05) is 6.61 Å². The summed E-state index contributed by atoms with van der Waals surface area (Å²) in [7, 11) is 0. The Hall–Kier alpha value is -2.14. The molecule has 2 aromatic heterocycles. The number of carbonyl (C=O) groups excluding carboxylic acids is 1. The molecule has 2 N–H and O–H groups in total. The van der Waals surface area contributed by atoms with Crippen molar-refractivity contribution >= 4 is 5.91 Å². The smallest absolute Gasteiger partial charge is 0.253 e. The van der Waals surface area contributed by atoms with E-state index in [0.717, 1.165) is 19.3 Å². The Balaban J connectivity index is 1.78. The Labute approximate surface area is 135 Å². The molecule has 1 fully saturated rings. The van der Waals surface area contributed by atoms with Crippen molar-refractivity contribution in [2.45, 2.75) is 39.2 Å². The molecule has 0 spiro atoms. The van der Waals surface area contributed by atoms with Crippen molar-refractivity contribution in [1.82, 2.24) is 10.3 Å². The third kappa shape index (κ3) is 3.01. The second-order valence-electron chi connectivity index (χ2n) is 6.54. The van der Waals surface area contributed by atoms with Gasteiger partial charge in [-0.25, -0.2) is 4.98 Å². The van der Waals surface area contributed by atoms with Crippen LogP contribution in [0.15, 0.2) is 34.9 Å². The zero-order valence-corrected chi connectivity index (χ0v) is 13.5. The Bertz CT molecular complexity index is 696. The van der Waals surface area contributed by atoms with Gasteiger partial charge in [0.25, 0.3) is 5.91 Å². The third-order valence-electron chi connectivity index (χ3n) is 4.85. The molecule has 2 heterocycles. The Kier molecular flexibility index (Phi) is 4.22. The van der Waals surface area contributed by atoms with Crippen LogP contribution in [-0.2, 0) is 0 Å². The van der Waals surface area contributed by atoms with E-state index in [2.05, 4.69) is 10.3 Å². The molecule has 0 radical (unpaired) electrons. The lowest BCUT2D eigenvalue weighted by molar-refractivity contribution is 0.0829. The fourth-order valence-corrected chi connectivity index (χ4v) is 3.27. The average Bonchev–Trinajstić information content (AvgIpc) is 3.18. The zero-order valence-electron chi connectivity index (χ0n) is 13.5. The topological polar surface area (TPSA) is 75.4 Å². The fourth-order valence-electron chi connectivity index (χ4n) is 3.27. The largest absolute Gasteiger partial charge is 0.463 e. The maximum absolute atomic E-state index is 12.6. The molecule has 2 unspecified atom stereocenters. The van der Waals surface area contributed by atoms with Gasteiger partial charge < -0.3 is 14.8 Å². The molecular formula is C18H22N2O3. The minimum Gasteiger partial charge on any atom is -0.463 e. The molecule has 5 heteroatoms. The summed E-state index contributed by atoms with van der Waals surface area (Å²) in [5.41, 5.74) is 1.71. The van der Waals surface area contributed by atoms with Gasteiger partial charge in [0.2, 0.25) is 0 Å². The summed E-state index contributed by atoms with van der Waals surface area (Å²) < 4.78 is 5.33. The van der Waals surface area contributed by atoms with Gasteiger partial charge in [-0.1, -0.05) is 13.3 Å². The van der Waals surface area contributed by atoms with Crippen LogP contribution in [-0.4, -0.2) is 28.6 Å². The summed E-state index contributed by atoms with van der Waals surface area (Å²) in [6.07, 6.45) is 4.46. The van der Waals surface area contributed by atoms with Gasteiger partial charge in [-0.3, -0.25) is 4.79 Å². The Morgan fingerprint density at radius 3 is 2.96 bits per heavy atom. The zero-order chi connectivity index (χ0) is 16.4. The molecule has 1 aliphatic carbocycles. The first-order valence-electron chi connectivity index (χ1n) is 7.97. The number of amides is 1. The standard InChI is InChI=1S/C18H22N2O3/c1-12-13(7-8-14(19-12)15-5-4-10-23-15)17(22)20-16-6-3-9-18(16,2)11-21/h4-5,7-8,10,16,21H,3,6,9,11H2,1-2H3,(H,20,22). The van der Waals surface area contributed by atoms with E-state index in [0.29, 0.717) is 22.7 Å². The number of nitrogens with one attached hydrogen (secondary N) is 1. The highest BCUT2D eigenvalue weighted by Crippen LogP contribution is 2.37. The predicted molar refractivity (Wildman–Crippen MR) is 87.0 cm³/mol. The van der Waals surface area contributed by atoms with Gasteiger partial charge in [0.15, 0.2) is 5.76 Å². The average molecular weight is 314 g/mol. The van der Waals surface area contributed by atoms with Crippen LogP contribution in [0.3, 0.4) is 0 Å². The highest BCUT2D eigenvalue weighted by atomic mass is 16.3. The van der Waals surface area contributed by atoms with Crippen LogP contribution in [0.25, 0.3) is 11.5 Å². The van der Waals surface area contributed by atoms with Crippen molar-refractivity contribution in [1.29, 1.82) is 0 Å². The molecule has 1 saturated carbocycles. The van der Waals surface area contributed by atoms with Gasteiger partial charge in [-0.15, -0.1) is 0 Å². The summed E-state index contributed by atoms with van der Waals surface area (Å²) in [6, 6.07) is 7.22. The maximum Gasteiger partial charge on any atom is 0.253 e. The molecule has 5 nitrogen and oxygen atoms in total. The van der Waals surface area contributed by atoms with E-state index in [-0.39, 0.29) is 24.0 Å². The molecule has 0 aromatic carbocycles. The summed E-state index contributed by atoms with van der Waals surface area (Å²) in [6.45, 7) is 3.93. The van der Waals surface area contributed by atoms with Crippen LogP contribution in [0.2, 0.25) is 0 Å². The lowest BCUT2D eigenvalue weighted by atomic mass is 9.85. The maximum atomic E-state index is 12.6. The molecule has 1 aliphatic rings. The molecule has 0 saturated heterocycles. The van der Waals surface area contributed by atoms with E-state index in [4.69, 9.17) is 4.42 Å². The van der Waals surface area contributed by atoms with Crippen LogP contribution in [0.5, 0.6) is 0 Å². The van der Waals surface area contributed by atoms with Crippen molar-refractivity contribution in [2.24, 2.45) is 5.41 Å². The molecule has 2 aromatic rings. The normalized spacial score (nSPS) is 23.9. The minimum absolute atomic E-state index is 0.00384. The Morgan fingerprint density at radius 2 is 2.30 bits per heavy atom. The minimum atomic E-state index is -0.231. The van der Waals surface area contributed by atoms with Gasteiger partial charge in [-0.2, -0.15) is 0 Å². The van der Waals surface area contributed by atoms with Gasteiger partial charge in [0.05, 0.1) is 24.1 Å². The van der Waals surface area contributed by atoms with E-state index in [9.17, 15) is 9.90 Å². The number of hydrogen-bond donors (Lipinski definition) is 2. The quantitative estimate of drug-likeness (QED) is 0.910. The molecule has 3 rings (SSSR count). The molecule has 0 bridgehead atoms. The first-order chi connectivity index (χ1) is 11.0. The molecular weight excluding hydrogens is 292 g/mol. The van der Waals surface area contributed by atoms with Crippen LogP contribution in [0, 0.1) is 12.3 Å². The second-order valence-corrected chi connectivity index (χ2v) is 6.54. The second kappa shape index (κ2) is 6.16. The summed E-state index contributed by atoms with van der Waals surface area (Å²) in [5, 5.41) is 12.7. The van der Waals surface area contributed by atoms with Crippen molar-refractivity contribution in [3.63, 3.8) is 0 Å². The lowest BCUT2D eigenvalue weighted by Crippen LogP contribution is -2.45. The SMILES string of the molecule is Cc1nc(-c2ccco2)ccc1C(=O)NC1CCCC1(C)CO. The number of nitrogens with zero attached hydrogens (tertiary/aromatic N) is 1. The first-order valence-corrected chi connectivity index (χ1v) is 7.97. The van der Waals surface area contributed by atoms with Crippen LogP contribution in [0.1, 0.15) is 42.2 Å². The van der Waals surface area contributed by atoms with Crippen molar-refractivity contribution in [3.8, 4) is 11.5 Å². The molecule has 122 valence electrons. The summed E-state index contributed by atoms with van der Waals surface area (Å²) in [4.78, 5) is 17.0. The summed E-state index contributed by atoms with van der Waals surface area (Å²) >= 11 is 0. The number of hydrogen-bond acceptors (Lipinski definition) is 4. The van der Waals surface area contributed by atoms with E-state index in [1.165, 1.54) is 0 Å². The van der Waals surface area contributed by atoms with Gasteiger partial charge in [0.1, 0.15) is 5.69 Å². The number of aliphatic hydroxyl groups excluding tert-OH is 1. The van der Waals surface area contributed by atoms with E-state index in [1.54, 1.807) is 18.4 Å². The highest BCUT2D eigenvalue weighted by Gasteiger charge is 2.39. The number of aryl methyl sites for hydroxylation is 1. The number of pyridine rings is 1. The number of furan rings is 1. The molecule has 0 aliphatic heterocycles. The number of aromatic nitrogens is 1. The van der Waals surface area contributed by atoms with E-state index >= 15 is 0 Å². The van der Waals surface area contributed by atoms with Gasteiger partial charge in [0, 0.05) is 11.5 Å². The molecule has 23 heavy (non-hydrogen) atoms. The van der Waals surface area contributed by atoms with E-state index < -0.39 is 0 Å². The highest BCUT2D eigenvalue weighted by molar-refractivity contribution is 5.95. The predicted octanol–water partition coefficient (Wildman–Crippen LogP) is 2.93. The van der Waals surface area contributed by atoms with Gasteiger partial charge in [-0.05, 0) is 44.0 Å². The number of rotatable bonds is 4. The summed E-state index contributed by atoms with van der Waals surface area (Å²) in [5.74, 6) is 0.552. The van der Waals surface area contributed by atoms with Gasteiger partial charge >= 0.3 is 0 Å². The fraction of sp³-hybridized carbons (Fsp3) is 0.444.